The molecule has 0 spiro atoms. The van der Waals surface area contributed by atoms with Gasteiger partial charge in [0.2, 0.25) is 0 Å². The molecule has 8 heteroatoms. The Morgan fingerprint density at radius 3 is 2.36 bits per heavy atom. The maximum absolute atomic E-state index is 12.5. The molecule has 1 aromatic rings. The fraction of sp³-hybridized carbons (Fsp3) is 0.500. The lowest BCUT2D eigenvalue weighted by atomic mass is 10.3. The molecule has 0 fully saturated rings. The number of alkyl halides is 3. The predicted octanol–water partition coefficient (Wildman–Crippen LogP) is 2.15. The molecule has 2 N–H and O–H groups in total. The largest absolute Gasteiger partial charge is 0.410 e. The fourth-order valence-corrected chi connectivity index (χ4v) is 1.95. The van der Waals surface area contributed by atoms with Crippen molar-refractivity contribution in [2.75, 3.05) is 6.54 Å². The van der Waals surface area contributed by atoms with E-state index in [-0.39, 0.29) is 0 Å². The van der Waals surface area contributed by atoms with Crippen LogP contribution < -0.4 is 5.73 Å². The summed E-state index contributed by atoms with van der Waals surface area (Å²) in [5, 5.41) is 0. The smallest absolute Gasteiger partial charge is 0.328 e. The van der Waals surface area contributed by atoms with Crippen LogP contribution in [0.5, 0.6) is 0 Å². The number of hydrogen-bond acceptors (Lipinski definition) is 2. The summed E-state index contributed by atoms with van der Waals surface area (Å²) in [6.07, 6.45) is -3.17. The van der Waals surface area contributed by atoms with Gasteiger partial charge in [0.05, 0.1) is 6.33 Å². The lowest BCUT2D eigenvalue weighted by molar-refractivity contribution is -0.165. The minimum atomic E-state index is -4.33. The van der Waals surface area contributed by atoms with Crippen molar-refractivity contribution in [3.63, 3.8) is 0 Å². The van der Waals surface area contributed by atoms with Crippen molar-refractivity contribution in [2.45, 2.75) is 12.2 Å². The third-order valence-corrected chi connectivity index (χ3v) is 4.52. The number of aromatic nitrogens is 2. The number of rotatable bonds is 2. The lowest BCUT2D eigenvalue weighted by Crippen LogP contribution is -2.33. The molecule has 14 heavy (non-hydrogen) atoms. The monoisotopic (exact) mass is 431 g/mol. The molecule has 0 aliphatic heterocycles. The maximum Gasteiger partial charge on any atom is 0.410 e. The average Bonchev–Trinajstić information content (AvgIpc) is 2.35. The van der Waals surface area contributed by atoms with Gasteiger partial charge in [-0.15, -0.1) is 0 Å². The van der Waals surface area contributed by atoms with E-state index in [2.05, 4.69) is 4.98 Å². The van der Waals surface area contributed by atoms with Crippen molar-refractivity contribution in [3.05, 3.63) is 13.7 Å². The normalized spacial score (nSPS) is 14.4. The summed E-state index contributed by atoms with van der Waals surface area (Å²) in [5.41, 5.74) is 5.09. The van der Waals surface area contributed by atoms with Gasteiger partial charge in [-0.05, 0) is 45.2 Å². The highest BCUT2D eigenvalue weighted by atomic mass is 127. The summed E-state index contributed by atoms with van der Waals surface area (Å²) in [6.45, 7) is -0.480. The summed E-state index contributed by atoms with van der Waals surface area (Å²) >= 11 is 3.69. The van der Waals surface area contributed by atoms with E-state index in [1.54, 1.807) is 0 Å². The number of nitrogens with zero attached hydrogens (tertiary/aromatic N) is 2. The van der Waals surface area contributed by atoms with Gasteiger partial charge in [0.15, 0.2) is 0 Å². The molecule has 0 aliphatic carbocycles. The molecule has 0 bridgehead atoms. The summed E-state index contributed by atoms with van der Waals surface area (Å²) in [4.78, 5) is 3.79. The first-order valence-electron chi connectivity index (χ1n) is 3.52. The molecular formula is C6H6F3I2N3. The molecule has 0 saturated carbocycles. The summed E-state index contributed by atoms with van der Waals surface area (Å²) < 4.78 is 39.4. The molecule has 1 rings (SSSR count). The van der Waals surface area contributed by atoms with Crippen LogP contribution in [0.25, 0.3) is 0 Å². The van der Waals surface area contributed by atoms with E-state index in [0.29, 0.717) is 7.40 Å². The highest BCUT2D eigenvalue weighted by molar-refractivity contribution is 14.1. The number of halogens is 5. The van der Waals surface area contributed by atoms with Crippen LogP contribution >= 0.6 is 45.2 Å². The summed E-state index contributed by atoms with van der Waals surface area (Å²) in [6, 6.07) is -1.69. The van der Waals surface area contributed by atoms with Crippen LogP contribution in [0.3, 0.4) is 0 Å². The molecule has 1 unspecified atom stereocenters. The standard InChI is InChI=1S/C6H6F3I2N3/c7-6(8,9)3(1-12)14-2-13-4(10)5(14)11/h2-3H,1,12H2. The number of imidazole rings is 1. The van der Waals surface area contributed by atoms with Crippen molar-refractivity contribution < 1.29 is 13.2 Å². The number of hydrogen-bond donors (Lipinski definition) is 1. The Balaban J connectivity index is 3.08. The third kappa shape index (κ3) is 2.51. The quantitative estimate of drug-likeness (QED) is 0.731. The van der Waals surface area contributed by atoms with E-state index < -0.39 is 18.8 Å². The van der Waals surface area contributed by atoms with E-state index in [1.165, 1.54) is 0 Å². The molecule has 1 atom stereocenters. The van der Waals surface area contributed by atoms with Crippen molar-refractivity contribution in [3.8, 4) is 0 Å². The minimum absolute atomic E-state index is 0.455. The highest BCUT2D eigenvalue weighted by Crippen LogP contribution is 2.31. The number of nitrogens with two attached hydrogens (primary N) is 1. The maximum atomic E-state index is 12.5. The molecule has 0 aliphatic rings. The summed E-state index contributed by atoms with van der Waals surface area (Å²) in [5.74, 6) is 0. The van der Waals surface area contributed by atoms with Crippen LogP contribution in [-0.2, 0) is 0 Å². The molecule has 1 heterocycles. The van der Waals surface area contributed by atoms with Gasteiger partial charge in [-0.25, -0.2) is 4.98 Å². The Morgan fingerprint density at radius 1 is 1.50 bits per heavy atom. The Bertz CT molecular complexity index is 323. The molecule has 0 amide bonds. The average molecular weight is 431 g/mol. The van der Waals surface area contributed by atoms with Gasteiger partial charge in [0.1, 0.15) is 13.4 Å². The Morgan fingerprint density at radius 2 is 2.07 bits per heavy atom. The minimum Gasteiger partial charge on any atom is -0.328 e. The molecule has 80 valence electrons. The second-order valence-electron chi connectivity index (χ2n) is 2.53. The molecule has 3 nitrogen and oxygen atoms in total. The van der Waals surface area contributed by atoms with Crippen molar-refractivity contribution in [1.29, 1.82) is 0 Å². The van der Waals surface area contributed by atoms with Crippen molar-refractivity contribution in [1.82, 2.24) is 9.55 Å². The predicted molar refractivity (Wildman–Crippen MR) is 61.8 cm³/mol. The highest BCUT2D eigenvalue weighted by Gasteiger charge is 2.40. The fourth-order valence-electron chi connectivity index (χ4n) is 0.946. The van der Waals surface area contributed by atoms with E-state index in [0.717, 1.165) is 10.9 Å². The van der Waals surface area contributed by atoms with Gasteiger partial charge < -0.3 is 10.3 Å². The summed E-state index contributed by atoms with van der Waals surface area (Å²) in [7, 11) is 0. The molecule has 0 saturated heterocycles. The van der Waals surface area contributed by atoms with Crippen molar-refractivity contribution in [2.24, 2.45) is 5.73 Å². The zero-order valence-electron chi connectivity index (χ0n) is 6.72. The second-order valence-corrected chi connectivity index (χ2v) is 4.57. The van der Waals surface area contributed by atoms with Crippen LogP contribution in [-0.4, -0.2) is 22.3 Å². The van der Waals surface area contributed by atoms with Gasteiger partial charge in [-0.2, -0.15) is 13.2 Å². The van der Waals surface area contributed by atoms with Gasteiger partial charge in [0.25, 0.3) is 0 Å². The van der Waals surface area contributed by atoms with E-state index in [1.807, 2.05) is 45.2 Å². The van der Waals surface area contributed by atoms with E-state index in [9.17, 15) is 13.2 Å². The van der Waals surface area contributed by atoms with Crippen LogP contribution in [0, 0.1) is 7.40 Å². The van der Waals surface area contributed by atoms with Gasteiger partial charge in [-0.3, -0.25) is 0 Å². The van der Waals surface area contributed by atoms with Gasteiger partial charge in [-0.1, -0.05) is 0 Å². The SMILES string of the molecule is NCC(n1cnc(I)c1I)C(F)(F)F. The Kier molecular flexibility index (Phi) is 4.03. The lowest BCUT2D eigenvalue weighted by Gasteiger charge is -2.20. The van der Waals surface area contributed by atoms with Crippen LogP contribution in [0.15, 0.2) is 6.33 Å². The first-order valence-corrected chi connectivity index (χ1v) is 5.68. The zero-order valence-corrected chi connectivity index (χ0v) is 11.0. The Labute approximate surface area is 106 Å². The van der Waals surface area contributed by atoms with Gasteiger partial charge >= 0.3 is 6.18 Å². The molecule has 1 aromatic heterocycles. The van der Waals surface area contributed by atoms with Crippen LogP contribution in [0.4, 0.5) is 13.2 Å². The van der Waals surface area contributed by atoms with Crippen LogP contribution in [0.1, 0.15) is 6.04 Å². The molecule has 0 aromatic carbocycles. The Hall–Kier alpha value is 0.420. The van der Waals surface area contributed by atoms with Crippen molar-refractivity contribution >= 4 is 45.2 Å². The first-order chi connectivity index (χ1) is 6.38. The first kappa shape index (κ1) is 12.5. The second kappa shape index (κ2) is 4.51. The third-order valence-electron chi connectivity index (χ3n) is 1.63. The van der Waals surface area contributed by atoms with Gasteiger partial charge in [0, 0.05) is 6.54 Å². The topological polar surface area (TPSA) is 43.8 Å². The van der Waals surface area contributed by atoms with Crippen LogP contribution in [0.2, 0.25) is 0 Å². The molecular weight excluding hydrogens is 425 g/mol. The van der Waals surface area contributed by atoms with E-state index in [4.69, 9.17) is 5.73 Å². The molecule has 0 radical (unpaired) electrons. The zero-order chi connectivity index (χ0) is 10.9. The van der Waals surface area contributed by atoms with E-state index >= 15 is 0 Å².